The zero-order valence-corrected chi connectivity index (χ0v) is 16.6. The number of urea groups is 1. The first kappa shape index (κ1) is 20.7. The maximum atomic E-state index is 13.1. The molecule has 0 unspecified atom stereocenters. The molecule has 0 saturated carbocycles. The molecule has 27 heavy (non-hydrogen) atoms. The highest BCUT2D eigenvalue weighted by molar-refractivity contribution is 5.84. The van der Waals surface area contributed by atoms with E-state index in [0.717, 1.165) is 11.1 Å². The number of piperidine rings is 1. The molecule has 0 radical (unpaired) electrons. The van der Waals surface area contributed by atoms with Gasteiger partial charge in [0.15, 0.2) is 0 Å². The van der Waals surface area contributed by atoms with Crippen LogP contribution in [-0.4, -0.2) is 73.4 Å². The quantitative estimate of drug-likeness (QED) is 0.737. The number of methoxy groups -OCH3 is 1. The summed E-state index contributed by atoms with van der Waals surface area (Å²) < 4.78 is 4.77. The van der Waals surface area contributed by atoms with Crippen LogP contribution in [0.4, 0.5) is 4.79 Å². The Hall–Kier alpha value is -2.57. The minimum Gasteiger partial charge on any atom is -0.468 e. The summed E-state index contributed by atoms with van der Waals surface area (Å²) >= 11 is 0. The normalized spacial score (nSPS) is 14.6. The Kier molecular flexibility index (Phi) is 7.21. The molecule has 1 saturated heterocycles. The van der Waals surface area contributed by atoms with Gasteiger partial charge in [-0.1, -0.05) is 24.3 Å². The van der Waals surface area contributed by atoms with Crippen LogP contribution in [0.3, 0.4) is 0 Å². The second kappa shape index (κ2) is 9.39. The number of carbonyl (C=O) groups is 3. The molecular formula is C20H29N3O4. The number of nitrogens with zero attached hydrogens (tertiary/aromatic N) is 3. The van der Waals surface area contributed by atoms with Crippen molar-refractivity contribution >= 4 is 17.9 Å². The van der Waals surface area contributed by atoms with Crippen molar-refractivity contribution in [3.63, 3.8) is 0 Å². The predicted octanol–water partition coefficient (Wildman–Crippen LogP) is 1.89. The summed E-state index contributed by atoms with van der Waals surface area (Å²) in [6.45, 7) is 3.38. The van der Waals surface area contributed by atoms with E-state index < -0.39 is 5.97 Å². The van der Waals surface area contributed by atoms with Gasteiger partial charge in [-0.25, -0.2) is 4.79 Å². The summed E-state index contributed by atoms with van der Waals surface area (Å²) in [7, 11) is 4.77. The van der Waals surface area contributed by atoms with Gasteiger partial charge in [0.2, 0.25) is 5.91 Å². The van der Waals surface area contributed by atoms with Crippen LogP contribution < -0.4 is 0 Å². The molecule has 0 N–H and O–H groups in total. The highest BCUT2D eigenvalue weighted by Crippen LogP contribution is 2.22. The first-order valence-electron chi connectivity index (χ1n) is 9.19. The molecule has 0 spiro atoms. The minimum atomic E-state index is -0.433. The number of benzene rings is 1. The topological polar surface area (TPSA) is 70.2 Å². The standard InChI is InChI=1S/C20H29N3O4/c1-15-7-5-6-8-17(15)13-23(14-18(24)27-4)19(25)16-9-11-22(12-10-16)20(26)21(2)3/h5-8,16H,9-14H2,1-4H3. The maximum absolute atomic E-state index is 13.1. The molecular weight excluding hydrogens is 346 g/mol. The summed E-state index contributed by atoms with van der Waals surface area (Å²) in [6, 6.07) is 7.79. The van der Waals surface area contributed by atoms with Crippen molar-refractivity contribution in [3.8, 4) is 0 Å². The summed E-state index contributed by atoms with van der Waals surface area (Å²) in [5, 5.41) is 0. The number of hydrogen-bond donors (Lipinski definition) is 0. The zero-order chi connectivity index (χ0) is 20.0. The second-order valence-corrected chi connectivity index (χ2v) is 7.14. The molecule has 1 aromatic carbocycles. The fourth-order valence-corrected chi connectivity index (χ4v) is 3.28. The number of rotatable bonds is 5. The Morgan fingerprint density at radius 3 is 2.33 bits per heavy atom. The Labute approximate surface area is 160 Å². The summed E-state index contributed by atoms with van der Waals surface area (Å²) in [5.41, 5.74) is 2.08. The number of amides is 3. The number of aryl methyl sites for hydroxylation is 1. The Morgan fingerprint density at radius 2 is 1.78 bits per heavy atom. The first-order chi connectivity index (χ1) is 12.8. The van der Waals surface area contributed by atoms with Gasteiger partial charge in [0.25, 0.3) is 0 Å². The summed E-state index contributed by atoms with van der Waals surface area (Å²) in [5.74, 6) is -0.678. The molecule has 3 amide bonds. The van der Waals surface area contributed by atoms with Crippen molar-refractivity contribution < 1.29 is 19.1 Å². The molecule has 148 valence electrons. The van der Waals surface area contributed by atoms with Gasteiger partial charge in [0, 0.05) is 39.6 Å². The van der Waals surface area contributed by atoms with Crippen molar-refractivity contribution in [2.24, 2.45) is 5.92 Å². The fraction of sp³-hybridized carbons (Fsp3) is 0.550. The largest absolute Gasteiger partial charge is 0.468 e. The third-order valence-electron chi connectivity index (χ3n) is 4.98. The van der Waals surface area contributed by atoms with Gasteiger partial charge in [-0.3, -0.25) is 9.59 Å². The smallest absolute Gasteiger partial charge is 0.325 e. The molecule has 2 rings (SSSR count). The molecule has 7 nitrogen and oxygen atoms in total. The summed E-state index contributed by atoms with van der Waals surface area (Å²) in [4.78, 5) is 41.8. The van der Waals surface area contributed by atoms with E-state index in [1.165, 1.54) is 7.11 Å². The van der Waals surface area contributed by atoms with Crippen LogP contribution in [0.25, 0.3) is 0 Å². The molecule has 0 atom stereocenters. The third-order valence-corrected chi connectivity index (χ3v) is 4.98. The number of hydrogen-bond acceptors (Lipinski definition) is 4. The van der Waals surface area contributed by atoms with Crippen molar-refractivity contribution in [2.75, 3.05) is 40.8 Å². The number of likely N-dealkylation sites (tertiary alicyclic amines) is 1. The van der Waals surface area contributed by atoms with Crippen molar-refractivity contribution in [1.82, 2.24) is 14.7 Å². The average Bonchev–Trinajstić information content (AvgIpc) is 2.67. The molecule has 7 heteroatoms. The van der Waals surface area contributed by atoms with Gasteiger partial charge >= 0.3 is 12.0 Å². The van der Waals surface area contributed by atoms with Crippen LogP contribution >= 0.6 is 0 Å². The van der Waals surface area contributed by atoms with Crippen LogP contribution in [0.1, 0.15) is 24.0 Å². The second-order valence-electron chi connectivity index (χ2n) is 7.14. The van der Waals surface area contributed by atoms with Gasteiger partial charge in [0.1, 0.15) is 6.54 Å². The van der Waals surface area contributed by atoms with E-state index in [1.807, 2.05) is 31.2 Å². The predicted molar refractivity (Wildman–Crippen MR) is 102 cm³/mol. The van der Waals surface area contributed by atoms with Crippen molar-refractivity contribution in [1.29, 1.82) is 0 Å². The highest BCUT2D eigenvalue weighted by Gasteiger charge is 2.31. The van der Waals surface area contributed by atoms with E-state index in [9.17, 15) is 14.4 Å². The van der Waals surface area contributed by atoms with Gasteiger partial charge < -0.3 is 19.4 Å². The molecule has 1 heterocycles. The van der Waals surface area contributed by atoms with E-state index in [1.54, 1.807) is 28.8 Å². The van der Waals surface area contributed by atoms with Crippen molar-refractivity contribution in [2.45, 2.75) is 26.3 Å². The lowest BCUT2D eigenvalue weighted by atomic mass is 9.95. The first-order valence-corrected chi connectivity index (χ1v) is 9.19. The van der Waals surface area contributed by atoms with Gasteiger partial charge in [-0.15, -0.1) is 0 Å². The molecule has 1 aromatic rings. The highest BCUT2D eigenvalue weighted by atomic mass is 16.5. The van der Waals surface area contributed by atoms with E-state index in [0.29, 0.717) is 32.5 Å². The molecule has 0 aromatic heterocycles. The monoisotopic (exact) mass is 375 g/mol. The molecule has 0 aliphatic carbocycles. The Bertz CT molecular complexity index is 682. The lowest BCUT2D eigenvalue weighted by Crippen LogP contribution is -2.47. The zero-order valence-electron chi connectivity index (χ0n) is 16.6. The Balaban J connectivity index is 2.07. The summed E-state index contributed by atoms with van der Waals surface area (Å²) in [6.07, 6.45) is 1.20. The lowest BCUT2D eigenvalue weighted by molar-refractivity contribution is -0.149. The van der Waals surface area contributed by atoms with Crippen LogP contribution in [0, 0.1) is 12.8 Å². The minimum absolute atomic E-state index is 0.0350. The van der Waals surface area contributed by atoms with Gasteiger partial charge in [0.05, 0.1) is 7.11 Å². The third kappa shape index (κ3) is 5.45. The molecule has 1 aliphatic rings. The molecule has 1 aliphatic heterocycles. The SMILES string of the molecule is COC(=O)CN(Cc1ccccc1C)C(=O)C1CCN(C(=O)N(C)C)CC1. The molecule has 1 fully saturated rings. The van der Waals surface area contributed by atoms with E-state index in [-0.39, 0.29) is 24.4 Å². The van der Waals surface area contributed by atoms with E-state index in [4.69, 9.17) is 4.74 Å². The number of ether oxygens (including phenoxy) is 1. The van der Waals surface area contributed by atoms with E-state index >= 15 is 0 Å². The van der Waals surface area contributed by atoms with Crippen molar-refractivity contribution in [3.05, 3.63) is 35.4 Å². The number of carbonyl (C=O) groups excluding carboxylic acids is 3. The fourth-order valence-electron chi connectivity index (χ4n) is 3.28. The van der Waals surface area contributed by atoms with Gasteiger partial charge in [-0.05, 0) is 30.9 Å². The maximum Gasteiger partial charge on any atom is 0.325 e. The number of esters is 1. The van der Waals surface area contributed by atoms with Crippen LogP contribution in [0.2, 0.25) is 0 Å². The van der Waals surface area contributed by atoms with Crippen LogP contribution in [0.15, 0.2) is 24.3 Å². The van der Waals surface area contributed by atoms with E-state index in [2.05, 4.69) is 0 Å². The van der Waals surface area contributed by atoms with Crippen LogP contribution in [-0.2, 0) is 20.9 Å². The van der Waals surface area contributed by atoms with Gasteiger partial charge in [-0.2, -0.15) is 0 Å². The van der Waals surface area contributed by atoms with Crippen LogP contribution in [0.5, 0.6) is 0 Å². The average molecular weight is 375 g/mol. The lowest BCUT2D eigenvalue weighted by Gasteiger charge is -2.35. The Morgan fingerprint density at radius 1 is 1.15 bits per heavy atom. The molecule has 0 bridgehead atoms.